The van der Waals surface area contributed by atoms with Crippen LogP contribution in [0, 0.1) is 11.8 Å². The third-order valence-electron chi connectivity index (χ3n) is 6.48. The maximum absolute atomic E-state index is 13.3. The van der Waals surface area contributed by atoms with Gasteiger partial charge < -0.3 is 30.5 Å². The lowest BCUT2D eigenvalue weighted by Gasteiger charge is -2.26. The first-order valence-electron chi connectivity index (χ1n) is 13.7. The van der Waals surface area contributed by atoms with Crippen molar-refractivity contribution in [3.05, 3.63) is 71.9 Å². The summed E-state index contributed by atoms with van der Waals surface area (Å²) in [6, 6.07) is 14.5. The van der Waals surface area contributed by atoms with Crippen molar-refractivity contribution in [3.8, 4) is 0 Å². The van der Waals surface area contributed by atoms with Gasteiger partial charge in [-0.05, 0) is 41.9 Å². The lowest BCUT2D eigenvalue weighted by atomic mass is 9.99. The second kappa shape index (κ2) is 14.9. The van der Waals surface area contributed by atoms with Crippen LogP contribution in [0.3, 0.4) is 0 Å². The average molecular weight is 549 g/mol. The minimum absolute atomic E-state index is 0.0740. The zero-order valence-corrected chi connectivity index (χ0v) is 23.6. The van der Waals surface area contributed by atoms with Crippen LogP contribution in [0.2, 0.25) is 0 Å². The Bertz CT molecular complexity index is 1270. The minimum Gasteiger partial charge on any atom is -0.445 e. The Hall–Kier alpha value is -4.14. The standard InChI is InChI=1S/C31H40N4O5/c1-20(2)14-27(29(37)33-24(18-36)16-23-17-32-26-13-9-8-12-25(23)26)34-30(38)28(15-21(3)4)35-31(39)40-19-22-10-6-5-7-11-22/h5-13,17-18,20-21,24,27-28,32H,14-16,19H2,1-4H3,(H,33,37)(H,34,38)(H,35,39)/t24-,27-,28-/m0/s1. The van der Waals surface area contributed by atoms with E-state index in [0.717, 1.165) is 22.0 Å². The normalized spacial score (nSPS) is 13.4. The van der Waals surface area contributed by atoms with Crippen molar-refractivity contribution in [3.63, 3.8) is 0 Å². The van der Waals surface area contributed by atoms with Crippen LogP contribution < -0.4 is 16.0 Å². The molecular weight excluding hydrogens is 508 g/mol. The van der Waals surface area contributed by atoms with Crippen molar-refractivity contribution in [2.24, 2.45) is 11.8 Å². The number of amides is 3. The molecule has 9 heteroatoms. The summed E-state index contributed by atoms with van der Waals surface area (Å²) in [5.74, 6) is -0.746. The number of aromatic amines is 1. The van der Waals surface area contributed by atoms with Crippen molar-refractivity contribution in [1.29, 1.82) is 0 Å². The molecule has 2 aromatic carbocycles. The van der Waals surface area contributed by atoms with E-state index in [2.05, 4.69) is 20.9 Å². The molecule has 1 aromatic heterocycles. The molecule has 0 radical (unpaired) electrons. The van der Waals surface area contributed by atoms with Crippen LogP contribution in [0.5, 0.6) is 0 Å². The fourth-order valence-corrected chi connectivity index (χ4v) is 4.54. The van der Waals surface area contributed by atoms with E-state index >= 15 is 0 Å². The highest BCUT2D eigenvalue weighted by molar-refractivity contribution is 5.92. The molecule has 0 aliphatic rings. The van der Waals surface area contributed by atoms with Crippen LogP contribution in [0.25, 0.3) is 10.9 Å². The molecule has 1 heterocycles. The van der Waals surface area contributed by atoms with E-state index in [1.165, 1.54) is 0 Å². The predicted octanol–water partition coefficient (Wildman–Crippen LogP) is 4.27. The maximum atomic E-state index is 13.3. The first-order chi connectivity index (χ1) is 19.2. The van der Waals surface area contributed by atoms with E-state index < -0.39 is 36.0 Å². The molecule has 3 aromatic rings. The second-order valence-electron chi connectivity index (χ2n) is 10.9. The summed E-state index contributed by atoms with van der Waals surface area (Å²) in [6.07, 6.45) is 2.86. The maximum Gasteiger partial charge on any atom is 0.408 e. The molecule has 0 fully saturated rings. The molecule has 4 N–H and O–H groups in total. The van der Waals surface area contributed by atoms with Gasteiger partial charge in [-0.1, -0.05) is 76.2 Å². The number of benzene rings is 2. The number of ether oxygens (including phenoxy) is 1. The summed E-state index contributed by atoms with van der Waals surface area (Å²) in [5, 5.41) is 9.23. The fraction of sp³-hybridized carbons (Fsp3) is 0.419. The number of alkyl carbamates (subject to hydrolysis) is 1. The van der Waals surface area contributed by atoms with Crippen molar-refractivity contribution in [2.45, 2.75) is 71.7 Å². The van der Waals surface area contributed by atoms with Crippen LogP contribution in [-0.2, 0) is 32.1 Å². The number of carbonyl (C=O) groups excluding carboxylic acids is 4. The number of hydrogen-bond donors (Lipinski definition) is 4. The number of aldehydes is 1. The lowest BCUT2D eigenvalue weighted by Crippen LogP contribution is -2.55. The van der Waals surface area contributed by atoms with Crippen LogP contribution in [-0.4, -0.2) is 47.3 Å². The third kappa shape index (κ3) is 9.25. The van der Waals surface area contributed by atoms with E-state index in [1.54, 1.807) is 0 Å². The summed E-state index contributed by atoms with van der Waals surface area (Å²) in [5.41, 5.74) is 2.69. The van der Waals surface area contributed by atoms with E-state index in [-0.39, 0.29) is 18.4 Å². The van der Waals surface area contributed by atoms with Gasteiger partial charge in [-0.2, -0.15) is 0 Å². The summed E-state index contributed by atoms with van der Waals surface area (Å²) < 4.78 is 5.30. The Morgan fingerprint density at radius 2 is 1.43 bits per heavy atom. The number of H-pyrrole nitrogens is 1. The van der Waals surface area contributed by atoms with Gasteiger partial charge in [0.25, 0.3) is 0 Å². The topological polar surface area (TPSA) is 129 Å². The van der Waals surface area contributed by atoms with Gasteiger partial charge in [-0.3, -0.25) is 9.59 Å². The third-order valence-corrected chi connectivity index (χ3v) is 6.48. The van der Waals surface area contributed by atoms with Crippen molar-refractivity contribution in [1.82, 2.24) is 20.9 Å². The highest BCUT2D eigenvalue weighted by Gasteiger charge is 2.29. The zero-order valence-electron chi connectivity index (χ0n) is 23.6. The predicted molar refractivity (Wildman–Crippen MR) is 154 cm³/mol. The van der Waals surface area contributed by atoms with Gasteiger partial charge in [0.1, 0.15) is 25.0 Å². The highest BCUT2D eigenvalue weighted by Crippen LogP contribution is 2.19. The highest BCUT2D eigenvalue weighted by atomic mass is 16.5. The van der Waals surface area contributed by atoms with Gasteiger partial charge in [0.2, 0.25) is 11.8 Å². The first-order valence-corrected chi connectivity index (χ1v) is 13.7. The summed E-state index contributed by atoms with van der Waals surface area (Å²) in [7, 11) is 0. The lowest BCUT2D eigenvalue weighted by molar-refractivity contribution is -0.131. The van der Waals surface area contributed by atoms with Crippen molar-refractivity contribution >= 4 is 35.1 Å². The molecule has 9 nitrogen and oxygen atoms in total. The molecule has 214 valence electrons. The quantitative estimate of drug-likeness (QED) is 0.224. The fourth-order valence-electron chi connectivity index (χ4n) is 4.54. The molecule has 40 heavy (non-hydrogen) atoms. The van der Waals surface area contributed by atoms with E-state index in [9.17, 15) is 19.2 Å². The Morgan fingerprint density at radius 3 is 2.08 bits per heavy atom. The summed E-state index contributed by atoms with van der Waals surface area (Å²) in [4.78, 5) is 54.2. The number of nitrogens with one attached hydrogen (secondary N) is 4. The monoisotopic (exact) mass is 548 g/mol. The van der Waals surface area contributed by atoms with Crippen LogP contribution >= 0.6 is 0 Å². The van der Waals surface area contributed by atoms with Gasteiger partial charge in [0.05, 0.1) is 6.04 Å². The first kappa shape index (κ1) is 30.4. The molecule has 0 saturated heterocycles. The van der Waals surface area contributed by atoms with Crippen molar-refractivity contribution in [2.75, 3.05) is 0 Å². The Labute approximate surface area is 235 Å². The molecule has 0 aliphatic heterocycles. The number of aromatic nitrogens is 1. The summed E-state index contributed by atoms with van der Waals surface area (Å²) >= 11 is 0. The molecule has 0 spiro atoms. The minimum atomic E-state index is -0.890. The van der Waals surface area contributed by atoms with Gasteiger partial charge in [-0.15, -0.1) is 0 Å². The number of hydrogen-bond acceptors (Lipinski definition) is 5. The molecule has 0 aliphatic carbocycles. The number of carbonyl (C=O) groups is 4. The Kier molecular flexibility index (Phi) is 11.3. The number of rotatable bonds is 14. The largest absolute Gasteiger partial charge is 0.445 e. The van der Waals surface area contributed by atoms with Gasteiger partial charge in [0, 0.05) is 23.5 Å². The average Bonchev–Trinajstić information content (AvgIpc) is 3.33. The number of fused-ring (bicyclic) bond motifs is 1. The van der Waals surface area contributed by atoms with Gasteiger partial charge in [0.15, 0.2) is 0 Å². The summed E-state index contributed by atoms with van der Waals surface area (Å²) in [6.45, 7) is 7.84. The Morgan fingerprint density at radius 1 is 0.825 bits per heavy atom. The van der Waals surface area contributed by atoms with Gasteiger partial charge >= 0.3 is 6.09 Å². The van der Waals surface area contributed by atoms with Crippen molar-refractivity contribution < 1.29 is 23.9 Å². The second-order valence-corrected chi connectivity index (χ2v) is 10.9. The zero-order chi connectivity index (χ0) is 29.1. The van der Waals surface area contributed by atoms with E-state index in [1.807, 2.05) is 88.5 Å². The van der Waals surface area contributed by atoms with E-state index in [0.29, 0.717) is 25.5 Å². The Balaban J connectivity index is 1.65. The van der Waals surface area contributed by atoms with E-state index in [4.69, 9.17) is 4.74 Å². The molecule has 0 saturated carbocycles. The smallest absolute Gasteiger partial charge is 0.408 e. The molecule has 3 rings (SSSR count). The van der Waals surface area contributed by atoms with Gasteiger partial charge in [-0.25, -0.2) is 4.79 Å². The van der Waals surface area contributed by atoms with Crippen LogP contribution in [0.15, 0.2) is 60.8 Å². The molecule has 0 bridgehead atoms. The molecule has 3 amide bonds. The molecular formula is C31H40N4O5. The molecule has 3 atom stereocenters. The molecule has 0 unspecified atom stereocenters. The SMILES string of the molecule is CC(C)C[C@H](NC(=O)OCc1ccccc1)C(=O)N[C@@H](CC(C)C)C(=O)N[C@H](C=O)Cc1c[nH]c2ccccc12. The number of para-hydroxylation sites is 1. The van der Waals surface area contributed by atoms with Crippen LogP contribution in [0.4, 0.5) is 4.79 Å². The van der Waals surface area contributed by atoms with Crippen LogP contribution in [0.1, 0.15) is 51.7 Å².